The van der Waals surface area contributed by atoms with Crippen LogP contribution in [0.2, 0.25) is 0 Å². The maximum atomic E-state index is 12.2. The SMILES string of the molecule is CN1C(=O)CCc2cc(-c3cncc(NC(=O)C(C)(C)C)c3)ccc21. The number of nitrogens with zero attached hydrogens (tertiary/aromatic N) is 2. The highest BCUT2D eigenvalue weighted by atomic mass is 16.2. The highest BCUT2D eigenvalue weighted by Crippen LogP contribution is 2.32. The summed E-state index contributed by atoms with van der Waals surface area (Å²) in [6, 6.07) is 7.99. The molecule has 2 heterocycles. The molecule has 0 spiro atoms. The van der Waals surface area contributed by atoms with Crippen molar-refractivity contribution in [3.05, 3.63) is 42.2 Å². The third kappa shape index (κ3) is 3.55. The normalized spacial score (nSPS) is 14.2. The second-order valence-corrected chi connectivity index (χ2v) is 7.46. The van der Waals surface area contributed by atoms with Crippen molar-refractivity contribution in [2.75, 3.05) is 17.3 Å². The second-order valence-electron chi connectivity index (χ2n) is 7.46. The standard InChI is InChI=1S/C20H23N3O2/c1-20(2,3)19(25)22-16-10-15(11-21-12-16)13-5-7-17-14(9-13)6-8-18(24)23(17)4/h5,7,9-12H,6,8H2,1-4H3,(H,22,25). The molecule has 5 heteroatoms. The Hall–Kier alpha value is -2.69. The van der Waals surface area contributed by atoms with Gasteiger partial charge in [-0.3, -0.25) is 14.6 Å². The van der Waals surface area contributed by atoms with Crippen LogP contribution < -0.4 is 10.2 Å². The number of nitrogens with one attached hydrogen (secondary N) is 1. The molecule has 0 radical (unpaired) electrons. The van der Waals surface area contributed by atoms with Crippen molar-refractivity contribution in [1.29, 1.82) is 0 Å². The number of benzene rings is 1. The molecule has 0 aliphatic carbocycles. The van der Waals surface area contributed by atoms with Gasteiger partial charge in [-0.15, -0.1) is 0 Å². The molecule has 1 aliphatic rings. The fourth-order valence-electron chi connectivity index (χ4n) is 2.82. The Bertz CT molecular complexity index is 837. The van der Waals surface area contributed by atoms with Crippen molar-refractivity contribution in [2.24, 2.45) is 5.41 Å². The Labute approximate surface area is 148 Å². The van der Waals surface area contributed by atoms with Gasteiger partial charge in [0.05, 0.1) is 11.9 Å². The number of rotatable bonds is 2. The summed E-state index contributed by atoms with van der Waals surface area (Å²) in [6.45, 7) is 5.63. The largest absolute Gasteiger partial charge is 0.324 e. The van der Waals surface area contributed by atoms with Crippen LogP contribution in [0.3, 0.4) is 0 Å². The first kappa shape index (κ1) is 17.1. The Morgan fingerprint density at radius 3 is 2.60 bits per heavy atom. The zero-order chi connectivity index (χ0) is 18.2. The van der Waals surface area contributed by atoms with E-state index in [1.54, 1.807) is 17.3 Å². The topological polar surface area (TPSA) is 62.3 Å². The minimum atomic E-state index is -0.459. The zero-order valence-electron chi connectivity index (χ0n) is 15.1. The predicted octanol–water partition coefficient (Wildman–Crippen LogP) is 3.64. The summed E-state index contributed by atoms with van der Waals surface area (Å²) in [7, 11) is 1.81. The van der Waals surface area contributed by atoms with Gasteiger partial charge in [-0.05, 0) is 35.7 Å². The van der Waals surface area contributed by atoms with Gasteiger partial charge in [-0.2, -0.15) is 0 Å². The quantitative estimate of drug-likeness (QED) is 0.910. The Morgan fingerprint density at radius 1 is 1.12 bits per heavy atom. The molecule has 5 nitrogen and oxygen atoms in total. The van der Waals surface area contributed by atoms with Crippen LogP contribution in [0, 0.1) is 5.41 Å². The lowest BCUT2D eigenvalue weighted by atomic mass is 9.95. The van der Waals surface area contributed by atoms with E-state index in [1.165, 1.54) is 0 Å². The fraction of sp³-hybridized carbons (Fsp3) is 0.350. The number of aromatic nitrogens is 1. The molecule has 2 amide bonds. The summed E-state index contributed by atoms with van der Waals surface area (Å²) in [4.78, 5) is 29.9. The lowest BCUT2D eigenvalue weighted by Gasteiger charge is -2.26. The van der Waals surface area contributed by atoms with Gasteiger partial charge < -0.3 is 10.2 Å². The van der Waals surface area contributed by atoms with Crippen molar-refractivity contribution in [2.45, 2.75) is 33.6 Å². The van der Waals surface area contributed by atoms with Crippen LogP contribution in [0.1, 0.15) is 32.8 Å². The molecule has 0 unspecified atom stereocenters. The Balaban J connectivity index is 1.89. The number of amides is 2. The maximum absolute atomic E-state index is 12.2. The summed E-state index contributed by atoms with van der Waals surface area (Å²) in [5, 5.41) is 2.91. The number of hydrogen-bond donors (Lipinski definition) is 1. The first-order chi connectivity index (χ1) is 11.8. The van der Waals surface area contributed by atoms with Gasteiger partial charge in [0, 0.05) is 36.3 Å². The van der Waals surface area contributed by atoms with E-state index in [0.29, 0.717) is 12.1 Å². The van der Waals surface area contributed by atoms with Crippen molar-refractivity contribution in [3.8, 4) is 11.1 Å². The van der Waals surface area contributed by atoms with Gasteiger partial charge in [-0.25, -0.2) is 0 Å². The average molecular weight is 337 g/mol. The number of fused-ring (bicyclic) bond motifs is 1. The zero-order valence-corrected chi connectivity index (χ0v) is 15.1. The average Bonchev–Trinajstić information content (AvgIpc) is 2.57. The Morgan fingerprint density at radius 2 is 1.88 bits per heavy atom. The predicted molar refractivity (Wildman–Crippen MR) is 99.5 cm³/mol. The van der Waals surface area contributed by atoms with Crippen LogP contribution in [-0.4, -0.2) is 23.8 Å². The van der Waals surface area contributed by atoms with Crippen LogP contribution in [-0.2, 0) is 16.0 Å². The first-order valence-corrected chi connectivity index (χ1v) is 8.42. The molecule has 130 valence electrons. The van der Waals surface area contributed by atoms with E-state index in [1.807, 2.05) is 46.0 Å². The number of aryl methyl sites for hydroxylation is 1. The van der Waals surface area contributed by atoms with E-state index >= 15 is 0 Å². The molecule has 1 N–H and O–H groups in total. The molecule has 1 aromatic carbocycles. The van der Waals surface area contributed by atoms with Gasteiger partial charge in [0.15, 0.2) is 0 Å². The van der Waals surface area contributed by atoms with E-state index in [-0.39, 0.29) is 11.8 Å². The van der Waals surface area contributed by atoms with E-state index in [0.717, 1.165) is 28.8 Å². The number of pyridine rings is 1. The number of hydrogen-bond acceptors (Lipinski definition) is 3. The van der Waals surface area contributed by atoms with E-state index in [2.05, 4.69) is 16.4 Å². The monoisotopic (exact) mass is 337 g/mol. The lowest BCUT2D eigenvalue weighted by Crippen LogP contribution is -2.30. The van der Waals surface area contributed by atoms with Crippen molar-refractivity contribution in [3.63, 3.8) is 0 Å². The summed E-state index contributed by atoms with van der Waals surface area (Å²) in [5.74, 6) is 0.103. The highest BCUT2D eigenvalue weighted by Gasteiger charge is 2.22. The maximum Gasteiger partial charge on any atom is 0.229 e. The molecule has 1 aliphatic heterocycles. The van der Waals surface area contributed by atoms with Gasteiger partial charge >= 0.3 is 0 Å². The number of carbonyl (C=O) groups is 2. The third-order valence-corrected chi connectivity index (χ3v) is 4.43. The second kappa shape index (κ2) is 6.31. The molecular weight excluding hydrogens is 314 g/mol. The number of carbonyl (C=O) groups excluding carboxylic acids is 2. The van der Waals surface area contributed by atoms with Gasteiger partial charge in [0.2, 0.25) is 11.8 Å². The minimum Gasteiger partial charge on any atom is -0.324 e. The molecule has 1 aromatic heterocycles. The van der Waals surface area contributed by atoms with Gasteiger partial charge in [0.25, 0.3) is 0 Å². The molecule has 25 heavy (non-hydrogen) atoms. The summed E-state index contributed by atoms with van der Waals surface area (Å²) < 4.78 is 0. The van der Waals surface area contributed by atoms with Crippen molar-refractivity contribution in [1.82, 2.24) is 4.98 Å². The van der Waals surface area contributed by atoms with Crippen LogP contribution in [0.15, 0.2) is 36.7 Å². The first-order valence-electron chi connectivity index (χ1n) is 8.42. The molecular formula is C20H23N3O2. The number of anilines is 2. The molecule has 3 rings (SSSR count). The summed E-state index contributed by atoms with van der Waals surface area (Å²) >= 11 is 0. The van der Waals surface area contributed by atoms with Crippen LogP contribution >= 0.6 is 0 Å². The molecule has 2 aromatic rings. The smallest absolute Gasteiger partial charge is 0.229 e. The minimum absolute atomic E-state index is 0.0444. The Kier molecular flexibility index (Phi) is 4.33. The van der Waals surface area contributed by atoms with E-state index in [4.69, 9.17) is 0 Å². The fourth-order valence-corrected chi connectivity index (χ4v) is 2.82. The third-order valence-electron chi connectivity index (χ3n) is 4.43. The van der Waals surface area contributed by atoms with Gasteiger partial charge in [-0.1, -0.05) is 26.8 Å². The highest BCUT2D eigenvalue weighted by molar-refractivity contribution is 5.97. The molecule has 0 atom stereocenters. The van der Waals surface area contributed by atoms with E-state index < -0.39 is 5.41 Å². The molecule has 0 fully saturated rings. The van der Waals surface area contributed by atoms with E-state index in [9.17, 15) is 9.59 Å². The lowest BCUT2D eigenvalue weighted by molar-refractivity contribution is -0.123. The summed E-state index contributed by atoms with van der Waals surface area (Å²) in [6.07, 6.45) is 4.72. The molecule has 0 saturated carbocycles. The molecule has 0 bridgehead atoms. The van der Waals surface area contributed by atoms with Crippen molar-refractivity contribution < 1.29 is 9.59 Å². The molecule has 0 saturated heterocycles. The van der Waals surface area contributed by atoms with Gasteiger partial charge in [0.1, 0.15) is 0 Å². The van der Waals surface area contributed by atoms with Crippen LogP contribution in [0.5, 0.6) is 0 Å². The van der Waals surface area contributed by atoms with Crippen LogP contribution in [0.25, 0.3) is 11.1 Å². The van der Waals surface area contributed by atoms with Crippen molar-refractivity contribution >= 4 is 23.2 Å². The summed E-state index contributed by atoms with van der Waals surface area (Å²) in [5.41, 5.74) is 4.31. The van der Waals surface area contributed by atoms with Crippen LogP contribution in [0.4, 0.5) is 11.4 Å².